The summed E-state index contributed by atoms with van der Waals surface area (Å²) in [4.78, 5) is 37.8. The van der Waals surface area contributed by atoms with Crippen LogP contribution in [0.15, 0.2) is 34.0 Å². The molecule has 0 saturated heterocycles. The highest BCUT2D eigenvalue weighted by Gasteiger charge is 2.33. The zero-order valence-corrected chi connectivity index (χ0v) is 31.0. The molecule has 2 N–H and O–H groups in total. The van der Waals surface area contributed by atoms with E-state index in [1.165, 1.54) is 0 Å². The van der Waals surface area contributed by atoms with Crippen LogP contribution < -0.4 is 10.7 Å². The number of esters is 1. The molecule has 1 aliphatic carbocycles. The second-order valence-electron chi connectivity index (χ2n) is 7.89. The molecule has 15 heteroatoms. The first-order valence-corrected chi connectivity index (χ1v) is 16.5. The molecule has 208 valence electrons. The summed E-state index contributed by atoms with van der Waals surface area (Å²) in [5.74, 6) is -1.14. The third kappa shape index (κ3) is 5.91. The molecule has 7 nitrogen and oxygen atoms in total. The van der Waals surface area contributed by atoms with E-state index in [0.29, 0.717) is 27.2 Å². The number of benzene rings is 3. The Morgan fingerprint density at radius 3 is 2.27 bits per heavy atom. The van der Waals surface area contributed by atoms with Crippen LogP contribution in [-0.2, 0) is 9.53 Å². The van der Waals surface area contributed by atoms with E-state index in [1.54, 1.807) is 12.1 Å². The van der Waals surface area contributed by atoms with E-state index in [1.807, 2.05) is 90.4 Å². The molecule has 0 aromatic heterocycles. The standard InChI is InChI=1S/C25H11Cl4I4NO6/c1-2-11(35)34-3-4-39-25(38)14-13(15(26)17(28)18(29)16(14)27)12-7-5-9(30)21(36)19(32)23(7)40-24-8(12)6-10(31)22(37)20(24)33/h2,5-6,36H,1,3-4H2,(H,34,35). The smallest absolute Gasteiger partial charge is 0.340 e. The average Bonchev–Trinajstić information content (AvgIpc) is 2.93. The first-order valence-electron chi connectivity index (χ1n) is 10.7. The maximum Gasteiger partial charge on any atom is 0.340 e. The first kappa shape index (κ1) is 32.6. The van der Waals surface area contributed by atoms with Gasteiger partial charge in [-0.2, -0.15) is 0 Å². The number of carbonyl (C=O) groups is 2. The lowest BCUT2D eigenvalue weighted by atomic mass is 9.90. The molecule has 2 aliphatic rings. The molecule has 0 bridgehead atoms. The first-order chi connectivity index (χ1) is 18.8. The monoisotopic (exact) mass is 1070 g/mol. The van der Waals surface area contributed by atoms with Crippen LogP contribution in [0.4, 0.5) is 0 Å². The summed E-state index contributed by atoms with van der Waals surface area (Å²) >= 11 is 34.0. The van der Waals surface area contributed by atoms with Crippen molar-refractivity contribution in [3.63, 3.8) is 0 Å². The molecule has 1 heterocycles. The molecule has 4 rings (SSSR count). The van der Waals surface area contributed by atoms with E-state index in [2.05, 4.69) is 11.9 Å². The summed E-state index contributed by atoms with van der Waals surface area (Å²) in [5, 5.41) is 13.1. The Kier molecular flexibility index (Phi) is 10.7. The number of phenols is 1. The Balaban J connectivity index is 2.13. The fraction of sp³-hybridized carbons (Fsp3) is 0.0800. The van der Waals surface area contributed by atoms with Gasteiger partial charge in [0, 0.05) is 22.1 Å². The minimum Gasteiger partial charge on any atom is -0.506 e. The van der Waals surface area contributed by atoms with Crippen LogP contribution in [0.1, 0.15) is 10.4 Å². The maximum absolute atomic E-state index is 13.5. The van der Waals surface area contributed by atoms with Crippen LogP contribution >= 0.6 is 137 Å². The number of halogens is 8. The average molecular weight is 1070 g/mol. The number of hydrogen-bond acceptors (Lipinski definition) is 6. The van der Waals surface area contributed by atoms with E-state index >= 15 is 0 Å². The molecule has 2 aromatic rings. The summed E-state index contributed by atoms with van der Waals surface area (Å²) < 4.78 is 13.1. The van der Waals surface area contributed by atoms with Gasteiger partial charge in [0.1, 0.15) is 15.9 Å². The van der Waals surface area contributed by atoms with Crippen molar-refractivity contribution < 1.29 is 23.8 Å². The topological polar surface area (TPSA) is 106 Å². The Labute approximate surface area is 301 Å². The van der Waals surface area contributed by atoms with Crippen molar-refractivity contribution in [3.8, 4) is 28.2 Å². The number of rotatable bonds is 6. The van der Waals surface area contributed by atoms with Crippen LogP contribution in [0.3, 0.4) is 0 Å². The second kappa shape index (κ2) is 13.1. The van der Waals surface area contributed by atoms with Crippen LogP contribution in [-0.4, -0.2) is 30.1 Å². The van der Waals surface area contributed by atoms with Crippen molar-refractivity contribution in [2.24, 2.45) is 0 Å². The van der Waals surface area contributed by atoms with Gasteiger partial charge in [0.2, 0.25) is 11.3 Å². The fourth-order valence-electron chi connectivity index (χ4n) is 3.78. The molecule has 1 amide bonds. The van der Waals surface area contributed by atoms with Crippen LogP contribution in [0, 0.1) is 14.3 Å². The number of hydrogen-bond donors (Lipinski definition) is 2. The zero-order chi connectivity index (χ0) is 29.6. The van der Waals surface area contributed by atoms with Crippen molar-refractivity contribution >= 4 is 160 Å². The van der Waals surface area contributed by atoms with Gasteiger partial charge in [-0.05, 0) is 109 Å². The van der Waals surface area contributed by atoms with Gasteiger partial charge < -0.3 is 19.6 Å². The Morgan fingerprint density at radius 1 is 0.975 bits per heavy atom. The highest BCUT2D eigenvalue weighted by atomic mass is 127. The molecular weight excluding hydrogens is 1060 g/mol. The van der Waals surface area contributed by atoms with Gasteiger partial charge in [0.15, 0.2) is 11.3 Å². The van der Waals surface area contributed by atoms with Crippen LogP contribution in [0.5, 0.6) is 5.75 Å². The van der Waals surface area contributed by atoms with E-state index < -0.39 is 11.9 Å². The molecule has 0 atom stereocenters. The SMILES string of the molecule is C=CC(=O)NCCOC(=O)c1c(Cl)c(Cl)c(Cl)c(Cl)c1-c1c2cc(I)c(=O)c(I)c-2oc2c(I)c(O)c(I)cc12. The van der Waals surface area contributed by atoms with Crippen LogP contribution in [0.2, 0.25) is 20.1 Å². The minimum atomic E-state index is -0.886. The highest BCUT2D eigenvalue weighted by molar-refractivity contribution is 14.1. The zero-order valence-electron chi connectivity index (χ0n) is 19.4. The molecule has 40 heavy (non-hydrogen) atoms. The van der Waals surface area contributed by atoms with Crippen molar-refractivity contribution in [3.05, 3.63) is 74.9 Å². The largest absolute Gasteiger partial charge is 0.506 e. The molecule has 0 saturated carbocycles. The second-order valence-corrected chi connectivity index (χ2v) is 13.9. The van der Waals surface area contributed by atoms with Gasteiger partial charge in [-0.15, -0.1) is 0 Å². The number of nitrogens with one attached hydrogen (secondary N) is 1. The Bertz CT molecular complexity index is 1790. The number of amides is 1. The van der Waals surface area contributed by atoms with E-state index in [9.17, 15) is 19.5 Å². The van der Waals surface area contributed by atoms with E-state index in [-0.39, 0.29) is 70.5 Å². The molecular formula is C25H11Cl4I4NO6. The Morgan fingerprint density at radius 2 is 1.62 bits per heavy atom. The van der Waals surface area contributed by atoms with Crippen molar-refractivity contribution in [1.29, 1.82) is 0 Å². The summed E-state index contributed by atoms with van der Waals surface area (Å²) in [7, 11) is 0. The highest BCUT2D eigenvalue weighted by Crippen LogP contribution is 2.52. The number of aromatic hydroxyl groups is 1. The van der Waals surface area contributed by atoms with Gasteiger partial charge in [-0.3, -0.25) is 9.59 Å². The summed E-state index contributed by atoms with van der Waals surface area (Å²) in [6.45, 7) is 3.18. The fourth-order valence-corrected chi connectivity index (χ4v) is 8.38. The van der Waals surface area contributed by atoms with Crippen molar-refractivity contribution in [1.82, 2.24) is 5.32 Å². The predicted molar refractivity (Wildman–Crippen MR) is 191 cm³/mol. The van der Waals surface area contributed by atoms with Gasteiger partial charge in [-0.1, -0.05) is 53.0 Å². The lowest BCUT2D eigenvalue weighted by molar-refractivity contribution is -0.116. The molecule has 1 aliphatic heterocycles. The molecule has 2 aromatic carbocycles. The number of fused-ring (bicyclic) bond motifs is 2. The summed E-state index contributed by atoms with van der Waals surface area (Å²) in [6.07, 6.45) is 1.09. The summed E-state index contributed by atoms with van der Waals surface area (Å²) in [5.41, 5.74) is 0.687. The van der Waals surface area contributed by atoms with E-state index in [0.717, 1.165) is 6.08 Å². The normalized spacial score (nSPS) is 11.2. The van der Waals surface area contributed by atoms with Crippen molar-refractivity contribution in [2.45, 2.75) is 0 Å². The molecule has 0 radical (unpaired) electrons. The molecule has 0 fully saturated rings. The number of carbonyl (C=O) groups excluding carboxylic acids is 2. The summed E-state index contributed by atoms with van der Waals surface area (Å²) in [6, 6.07) is 3.26. The molecule has 0 spiro atoms. The minimum absolute atomic E-state index is 0.00696. The van der Waals surface area contributed by atoms with Gasteiger partial charge in [0.25, 0.3) is 0 Å². The Hall–Kier alpha value is -0.310. The third-order valence-corrected chi connectivity index (χ3v) is 11.0. The lowest BCUT2D eigenvalue weighted by Gasteiger charge is -2.22. The van der Waals surface area contributed by atoms with Crippen LogP contribution in [0.25, 0.3) is 33.4 Å². The van der Waals surface area contributed by atoms with Gasteiger partial charge in [-0.25, -0.2) is 4.79 Å². The van der Waals surface area contributed by atoms with Gasteiger partial charge >= 0.3 is 5.97 Å². The lowest BCUT2D eigenvalue weighted by Crippen LogP contribution is -2.26. The maximum atomic E-state index is 13.5. The predicted octanol–water partition coefficient (Wildman–Crippen LogP) is 8.76. The molecule has 0 unspecified atom stereocenters. The number of ether oxygens (including phenoxy) is 1. The quantitative estimate of drug-likeness (QED) is 0.0381. The van der Waals surface area contributed by atoms with Crippen molar-refractivity contribution in [2.75, 3.05) is 13.2 Å². The third-order valence-electron chi connectivity index (χ3n) is 5.56. The van der Waals surface area contributed by atoms with E-state index in [4.69, 9.17) is 55.6 Å². The van der Waals surface area contributed by atoms with Gasteiger partial charge in [0.05, 0.1) is 42.9 Å². The number of phenolic OH excluding ortho intramolecular Hbond substituents is 1.